The lowest BCUT2D eigenvalue weighted by Gasteiger charge is -2.25. The molecule has 2 unspecified atom stereocenters. The number of benzene rings is 1. The summed E-state index contributed by atoms with van der Waals surface area (Å²) >= 11 is 11.7. The Bertz CT molecular complexity index is 628. The van der Waals surface area contributed by atoms with Crippen molar-refractivity contribution in [2.75, 3.05) is 12.8 Å². The maximum Gasteiger partial charge on any atom is 0.240 e. The van der Waals surface area contributed by atoms with Gasteiger partial charge in [-0.2, -0.15) is 0 Å². The summed E-state index contributed by atoms with van der Waals surface area (Å²) in [7, 11) is -1.82. The maximum absolute atomic E-state index is 12.1. The lowest BCUT2D eigenvalue weighted by Crippen LogP contribution is -2.36. The van der Waals surface area contributed by atoms with Gasteiger partial charge in [-0.25, -0.2) is 8.42 Å². The van der Waals surface area contributed by atoms with Crippen LogP contribution in [0, 0.1) is 0 Å². The molecule has 1 aliphatic heterocycles. The molecule has 1 amide bonds. The number of carbonyl (C=O) groups excluding carboxylic acids is 1. The van der Waals surface area contributed by atoms with Gasteiger partial charge in [-0.05, 0) is 30.7 Å². The van der Waals surface area contributed by atoms with Crippen molar-refractivity contribution >= 4 is 38.9 Å². The predicted molar refractivity (Wildman–Crippen MR) is 74.3 cm³/mol. The molecule has 4 nitrogen and oxygen atoms in total. The second-order valence-electron chi connectivity index (χ2n) is 4.54. The van der Waals surface area contributed by atoms with Gasteiger partial charge in [-0.15, -0.1) is 11.6 Å². The quantitative estimate of drug-likeness (QED) is 0.785. The zero-order valence-electron chi connectivity index (χ0n) is 10.4. The second-order valence-corrected chi connectivity index (χ2v) is 7.64. The first-order valence-corrected chi connectivity index (χ1v) is 8.13. The lowest BCUT2D eigenvalue weighted by atomic mass is 10.1. The number of carbonyl (C=O) groups is 1. The first-order valence-electron chi connectivity index (χ1n) is 5.67. The molecule has 1 heterocycles. The fourth-order valence-corrected chi connectivity index (χ4v) is 4.37. The SMILES string of the molecule is CC(Cl)C(=O)N(C)C1CS(=O)(=O)c2ccc(Cl)cc21. The van der Waals surface area contributed by atoms with E-state index < -0.39 is 21.3 Å². The van der Waals surface area contributed by atoms with Crippen LogP contribution in [-0.4, -0.2) is 37.4 Å². The number of halogens is 2. The molecule has 0 N–H and O–H groups in total. The van der Waals surface area contributed by atoms with E-state index in [2.05, 4.69) is 0 Å². The Morgan fingerprint density at radius 1 is 1.47 bits per heavy atom. The highest BCUT2D eigenvalue weighted by Crippen LogP contribution is 2.38. The molecule has 0 bridgehead atoms. The summed E-state index contributed by atoms with van der Waals surface area (Å²) in [6, 6.07) is 4.07. The minimum absolute atomic E-state index is 0.130. The average molecular weight is 322 g/mol. The number of hydrogen-bond donors (Lipinski definition) is 0. The van der Waals surface area contributed by atoms with Crippen LogP contribution in [0.1, 0.15) is 18.5 Å². The van der Waals surface area contributed by atoms with E-state index in [1.54, 1.807) is 20.0 Å². The van der Waals surface area contributed by atoms with E-state index in [0.717, 1.165) is 0 Å². The van der Waals surface area contributed by atoms with Crippen LogP contribution < -0.4 is 0 Å². The molecule has 7 heteroatoms. The summed E-state index contributed by atoms with van der Waals surface area (Å²) in [6.07, 6.45) is 0. The molecule has 0 saturated heterocycles. The number of fused-ring (bicyclic) bond motifs is 1. The van der Waals surface area contributed by atoms with Gasteiger partial charge in [-0.1, -0.05) is 11.6 Å². The molecule has 1 aromatic rings. The first-order chi connectivity index (χ1) is 8.74. The van der Waals surface area contributed by atoms with Gasteiger partial charge in [-0.3, -0.25) is 4.79 Å². The molecule has 1 aromatic carbocycles. The van der Waals surface area contributed by atoms with E-state index in [9.17, 15) is 13.2 Å². The molecule has 0 aromatic heterocycles. The van der Waals surface area contributed by atoms with E-state index in [1.165, 1.54) is 17.0 Å². The summed E-state index contributed by atoms with van der Waals surface area (Å²) in [4.78, 5) is 13.5. The predicted octanol–water partition coefficient (Wildman–Crippen LogP) is 2.25. The van der Waals surface area contributed by atoms with Crippen molar-refractivity contribution in [1.29, 1.82) is 0 Å². The fourth-order valence-electron chi connectivity index (χ4n) is 2.20. The van der Waals surface area contributed by atoms with Gasteiger partial charge in [0.1, 0.15) is 5.38 Å². The van der Waals surface area contributed by atoms with Crippen LogP contribution in [0.25, 0.3) is 0 Å². The minimum atomic E-state index is -3.37. The van der Waals surface area contributed by atoms with Crippen LogP contribution in [-0.2, 0) is 14.6 Å². The monoisotopic (exact) mass is 321 g/mol. The Hall–Kier alpha value is -0.780. The second kappa shape index (κ2) is 4.96. The summed E-state index contributed by atoms with van der Waals surface area (Å²) in [5.74, 6) is -0.441. The Kier molecular flexibility index (Phi) is 3.82. The molecule has 1 aliphatic rings. The standard InChI is InChI=1S/C12H13Cl2NO3S/c1-7(13)12(16)15(2)10-6-19(17,18)11-4-3-8(14)5-9(10)11/h3-5,7,10H,6H2,1-2H3. The highest BCUT2D eigenvalue weighted by Gasteiger charge is 2.39. The number of rotatable bonds is 2. The normalized spacial score (nSPS) is 21.8. The summed E-state index contributed by atoms with van der Waals surface area (Å²) in [6.45, 7) is 1.56. The number of hydrogen-bond acceptors (Lipinski definition) is 3. The van der Waals surface area contributed by atoms with E-state index >= 15 is 0 Å². The van der Waals surface area contributed by atoms with E-state index in [4.69, 9.17) is 23.2 Å². The van der Waals surface area contributed by atoms with Gasteiger partial charge in [0.2, 0.25) is 5.91 Å². The molecule has 0 saturated carbocycles. The van der Waals surface area contributed by atoms with Crippen molar-refractivity contribution in [2.45, 2.75) is 23.2 Å². The van der Waals surface area contributed by atoms with Gasteiger partial charge in [0, 0.05) is 12.1 Å². The van der Waals surface area contributed by atoms with Crippen molar-refractivity contribution in [3.05, 3.63) is 28.8 Å². The molecule has 2 atom stereocenters. The Morgan fingerprint density at radius 3 is 2.68 bits per heavy atom. The average Bonchev–Trinajstić information content (AvgIpc) is 2.59. The van der Waals surface area contributed by atoms with E-state index in [-0.39, 0.29) is 16.6 Å². The highest BCUT2D eigenvalue weighted by molar-refractivity contribution is 7.91. The number of sulfone groups is 1. The lowest BCUT2D eigenvalue weighted by molar-refractivity contribution is -0.131. The number of amides is 1. The van der Waals surface area contributed by atoms with Crippen LogP contribution in [0.2, 0.25) is 5.02 Å². The highest BCUT2D eigenvalue weighted by atomic mass is 35.5. The van der Waals surface area contributed by atoms with Crippen LogP contribution in [0.4, 0.5) is 0 Å². The largest absolute Gasteiger partial charge is 0.336 e. The Balaban J connectivity index is 2.47. The summed E-state index contributed by atoms with van der Waals surface area (Å²) < 4.78 is 24.1. The fraction of sp³-hybridized carbons (Fsp3) is 0.417. The zero-order chi connectivity index (χ0) is 14.4. The van der Waals surface area contributed by atoms with Crippen molar-refractivity contribution in [2.24, 2.45) is 0 Å². The molecule has 0 spiro atoms. The van der Waals surface area contributed by atoms with Gasteiger partial charge < -0.3 is 4.90 Å². The molecule has 0 radical (unpaired) electrons. The molecular formula is C12H13Cl2NO3S. The molecule has 0 fully saturated rings. The third-order valence-electron chi connectivity index (χ3n) is 3.20. The van der Waals surface area contributed by atoms with Crippen LogP contribution in [0.3, 0.4) is 0 Å². The van der Waals surface area contributed by atoms with Gasteiger partial charge in [0.25, 0.3) is 0 Å². The molecule has 0 aliphatic carbocycles. The molecule has 19 heavy (non-hydrogen) atoms. The van der Waals surface area contributed by atoms with Gasteiger partial charge in [0.15, 0.2) is 9.84 Å². The summed E-state index contributed by atoms with van der Waals surface area (Å²) in [5.41, 5.74) is 0.556. The minimum Gasteiger partial charge on any atom is -0.336 e. The third-order valence-corrected chi connectivity index (χ3v) is 5.42. The summed E-state index contributed by atoms with van der Waals surface area (Å²) in [5, 5.41) is -0.253. The first kappa shape index (κ1) is 14.6. The van der Waals surface area contributed by atoms with Gasteiger partial charge >= 0.3 is 0 Å². The maximum atomic E-state index is 12.1. The van der Waals surface area contributed by atoms with E-state index in [0.29, 0.717) is 10.6 Å². The molecular weight excluding hydrogens is 309 g/mol. The van der Waals surface area contributed by atoms with E-state index in [1.807, 2.05) is 0 Å². The van der Waals surface area contributed by atoms with Crippen LogP contribution in [0.5, 0.6) is 0 Å². The van der Waals surface area contributed by atoms with Crippen molar-refractivity contribution in [3.8, 4) is 0 Å². The molecule has 104 valence electrons. The zero-order valence-corrected chi connectivity index (χ0v) is 12.8. The number of alkyl halides is 1. The van der Waals surface area contributed by atoms with Crippen molar-refractivity contribution < 1.29 is 13.2 Å². The topological polar surface area (TPSA) is 54.5 Å². The van der Waals surface area contributed by atoms with Gasteiger partial charge in [0.05, 0.1) is 16.7 Å². The number of nitrogens with zero attached hydrogens (tertiary/aromatic N) is 1. The Labute approximate surface area is 122 Å². The van der Waals surface area contributed by atoms with Crippen molar-refractivity contribution in [1.82, 2.24) is 4.90 Å². The Morgan fingerprint density at radius 2 is 2.11 bits per heavy atom. The third kappa shape index (κ3) is 2.59. The molecule has 2 rings (SSSR count). The van der Waals surface area contributed by atoms with Crippen molar-refractivity contribution in [3.63, 3.8) is 0 Å². The van der Waals surface area contributed by atoms with Crippen LogP contribution in [0.15, 0.2) is 23.1 Å². The smallest absolute Gasteiger partial charge is 0.240 e. The van der Waals surface area contributed by atoms with Crippen LogP contribution >= 0.6 is 23.2 Å².